The molecule has 2 rings (SSSR count). The van der Waals surface area contributed by atoms with E-state index in [1.54, 1.807) is 0 Å². The van der Waals surface area contributed by atoms with Crippen LogP contribution in [0.1, 0.15) is 36.8 Å². The highest BCUT2D eigenvalue weighted by Gasteiger charge is 2.22. The van der Waals surface area contributed by atoms with Crippen molar-refractivity contribution in [2.75, 3.05) is 13.2 Å². The summed E-state index contributed by atoms with van der Waals surface area (Å²) >= 11 is 0. The molecule has 3 N–H and O–H groups in total. The maximum absolute atomic E-state index is 13.2. The van der Waals surface area contributed by atoms with Gasteiger partial charge < -0.3 is 10.8 Å². The standard InChI is InChI=1S/C15H23FN2O/c16-14-6-5-12(13(9-14)10-17)11-18(7-8-19)15-3-1-2-4-15/h5-6,9,15,19H,1-4,7-8,10-11,17H2. The summed E-state index contributed by atoms with van der Waals surface area (Å²) in [6, 6.07) is 5.36. The summed E-state index contributed by atoms with van der Waals surface area (Å²) < 4.78 is 13.2. The van der Waals surface area contributed by atoms with Crippen LogP contribution in [0.25, 0.3) is 0 Å². The number of halogens is 1. The van der Waals surface area contributed by atoms with Gasteiger partial charge in [-0.1, -0.05) is 18.9 Å². The van der Waals surface area contributed by atoms with E-state index >= 15 is 0 Å². The Balaban J connectivity index is 2.11. The molecular formula is C15H23FN2O. The lowest BCUT2D eigenvalue weighted by atomic mass is 10.1. The van der Waals surface area contributed by atoms with Crippen LogP contribution in [0, 0.1) is 5.82 Å². The molecule has 1 aromatic rings. The number of nitrogens with zero attached hydrogens (tertiary/aromatic N) is 1. The molecule has 1 aliphatic rings. The minimum Gasteiger partial charge on any atom is -0.395 e. The molecule has 4 heteroatoms. The molecule has 0 aliphatic heterocycles. The van der Waals surface area contributed by atoms with Crippen molar-refractivity contribution >= 4 is 0 Å². The lowest BCUT2D eigenvalue weighted by molar-refractivity contribution is 0.144. The molecule has 1 aliphatic carbocycles. The summed E-state index contributed by atoms with van der Waals surface area (Å²) in [5.74, 6) is -0.237. The molecule has 0 spiro atoms. The van der Waals surface area contributed by atoms with E-state index in [0.29, 0.717) is 19.1 Å². The maximum atomic E-state index is 13.2. The van der Waals surface area contributed by atoms with E-state index in [0.717, 1.165) is 17.7 Å². The third kappa shape index (κ3) is 3.75. The number of rotatable bonds is 6. The molecule has 106 valence electrons. The van der Waals surface area contributed by atoms with Gasteiger partial charge in [0.2, 0.25) is 0 Å². The van der Waals surface area contributed by atoms with Crippen molar-refractivity contribution in [1.82, 2.24) is 4.90 Å². The van der Waals surface area contributed by atoms with Gasteiger partial charge in [-0.05, 0) is 36.1 Å². The normalized spacial score (nSPS) is 16.4. The fourth-order valence-electron chi connectivity index (χ4n) is 2.95. The van der Waals surface area contributed by atoms with Gasteiger partial charge in [-0.3, -0.25) is 4.90 Å². The summed E-state index contributed by atoms with van der Waals surface area (Å²) in [7, 11) is 0. The zero-order chi connectivity index (χ0) is 13.7. The van der Waals surface area contributed by atoms with E-state index in [-0.39, 0.29) is 12.4 Å². The van der Waals surface area contributed by atoms with Gasteiger partial charge in [0, 0.05) is 25.7 Å². The molecule has 3 nitrogen and oxygen atoms in total. The Hall–Kier alpha value is -0.970. The van der Waals surface area contributed by atoms with Crippen molar-refractivity contribution in [3.63, 3.8) is 0 Å². The van der Waals surface area contributed by atoms with Gasteiger partial charge in [-0.2, -0.15) is 0 Å². The molecule has 0 atom stereocenters. The Bertz CT molecular complexity index is 405. The number of aliphatic hydroxyl groups is 1. The highest BCUT2D eigenvalue weighted by Crippen LogP contribution is 2.25. The summed E-state index contributed by atoms with van der Waals surface area (Å²) in [5, 5.41) is 9.22. The first-order valence-electron chi connectivity index (χ1n) is 7.07. The molecule has 0 heterocycles. The molecule has 1 fully saturated rings. The fourth-order valence-corrected chi connectivity index (χ4v) is 2.95. The average Bonchev–Trinajstić information content (AvgIpc) is 2.94. The van der Waals surface area contributed by atoms with Gasteiger partial charge in [0.05, 0.1) is 6.61 Å². The highest BCUT2D eigenvalue weighted by atomic mass is 19.1. The molecule has 1 saturated carbocycles. The van der Waals surface area contributed by atoms with Crippen LogP contribution in [0.3, 0.4) is 0 Å². The monoisotopic (exact) mass is 266 g/mol. The van der Waals surface area contributed by atoms with Crippen LogP contribution in [0.4, 0.5) is 4.39 Å². The van der Waals surface area contributed by atoms with Crippen molar-refractivity contribution in [1.29, 1.82) is 0 Å². The largest absolute Gasteiger partial charge is 0.395 e. The third-order valence-corrected chi connectivity index (χ3v) is 3.99. The molecule has 0 bridgehead atoms. The highest BCUT2D eigenvalue weighted by molar-refractivity contribution is 5.27. The number of benzene rings is 1. The van der Waals surface area contributed by atoms with Crippen molar-refractivity contribution < 1.29 is 9.50 Å². The summed E-state index contributed by atoms with van der Waals surface area (Å²) in [5.41, 5.74) is 7.62. The lowest BCUT2D eigenvalue weighted by Gasteiger charge is -2.29. The second-order valence-corrected chi connectivity index (χ2v) is 5.25. The molecule has 1 aromatic carbocycles. The van der Waals surface area contributed by atoms with Crippen LogP contribution in [0.5, 0.6) is 0 Å². The van der Waals surface area contributed by atoms with E-state index < -0.39 is 0 Å². The minimum atomic E-state index is -0.237. The fraction of sp³-hybridized carbons (Fsp3) is 0.600. The van der Waals surface area contributed by atoms with E-state index in [1.807, 2.05) is 6.07 Å². The smallest absolute Gasteiger partial charge is 0.123 e. The first-order valence-corrected chi connectivity index (χ1v) is 7.07. The first-order chi connectivity index (χ1) is 9.24. The van der Waals surface area contributed by atoms with Crippen LogP contribution in [0.2, 0.25) is 0 Å². The number of aliphatic hydroxyl groups excluding tert-OH is 1. The Kier molecular flexibility index (Phi) is 5.31. The lowest BCUT2D eigenvalue weighted by Crippen LogP contribution is -2.35. The third-order valence-electron chi connectivity index (χ3n) is 3.99. The summed E-state index contributed by atoms with van der Waals surface area (Å²) in [4.78, 5) is 2.30. The number of hydrogen-bond donors (Lipinski definition) is 2. The predicted octanol–water partition coefficient (Wildman–Crippen LogP) is 2.02. The second-order valence-electron chi connectivity index (χ2n) is 5.25. The van der Waals surface area contributed by atoms with Gasteiger partial charge in [0.15, 0.2) is 0 Å². The van der Waals surface area contributed by atoms with Crippen molar-refractivity contribution in [2.24, 2.45) is 5.73 Å². The van der Waals surface area contributed by atoms with Crippen molar-refractivity contribution in [3.8, 4) is 0 Å². The molecule has 0 saturated heterocycles. The first kappa shape index (κ1) is 14.4. The zero-order valence-corrected chi connectivity index (χ0v) is 11.3. The van der Waals surface area contributed by atoms with E-state index in [4.69, 9.17) is 5.73 Å². The molecule has 0 unspecified atom stereocenters. The second kappa shape index (κ2) is 6.98. The Morgan fingerprint density at radius 1 is 1.26 bits per heavy atom. The van der Waals surface area contributed by atoms with Gasteiger partial charge >= 0.3 is 0 Å². The predicted molar refractivity (Wildman–Crippen MR) is 74.0 cm³/mol. The van der Waals surface area contributed by atoms with Gasteiger partial charge in [0.1, 0.15) is 5.82 Å². The van der Waals surface area contributed by atoms with Gasteiger partial charge in [-0.15, -0.1) is 0 Å². The molecular weight excluding hydrogens is 243 g/mol. The zero-order valence-electron chi connectivity index (χ0n) is 11.3. The number of hydrogen-bond acceptors (Lipinski definition) is 3. The van der Waals surface area contributed by atoms with E-state index in [2.05, 4.69) is 4.90 Å². The Morgan fingerprint density at radius 3 is 2.63 bits per heavy atom. The van der Waals surface area contributed by atoms with Crippen LogP contribution in [-0.4, -0.2) is 29.2 Å². The summed E-state index contributed by atoms with van der Waals surface area (Å²) in [6.45, 7) is 1.93. The molecule has 0 aromatic heterocycles. The van der Waals surface area contributed by atoms with Crippen molar-refractivity contribution in [2.45, 2.75) is 44.8 Å². The van der Waals surface area contributed by atoms with Gasteiger partial charge in [0.25, 0.3) is 0 Å². The van der Waals surface area contributed by atoms with E-state index in [1.165, 1.54) is 37.8 Å². The van der Waals surface area contributed by atoms with E-state index in [9.17, 15) is 9.50 Å². The Morgan fingerprint density at radius 2 is 2.00 bits per heavy atom. The SMILES string of the molecule is NCc1cc(F)ccc1CN(CCO)C1CCCC1. The minimum absolute atomic E-state index is 0.162. The molecule has 19 heavy (non-hydrogen) atoms. The van der Waals surface area contributed by atoms with Crippen molar-refractivity contribution in [3.05, 3.63) is 35.1 Å². The molecule has 0 radical (unpaired) electrons. The molecule has 0 amide bonds. The van der Waals surface area contributed by atoms with Crippen LogP contribution >= 0.6 is 0 Å². The topological polar surface area (TPSA) is 49.5 Å². The van der Waals surface area contributed by atoms with Crippen LogP contribution in [0.15, 0.2) is 18.2 Å². The average molecular weight is 266 g/mol. The maximum Gasteiger partial charge on any atom is 0.123 e. The van der Waals surface area contributed by atoms with Gasteiger partial charge in [-0.25, -0.2) is 4.39 Å². The Labute approximate surface area is 114 Å². The van der Waals surface area contributed by atoms with Crippen LogP contribution < -0.4 is 5.73 Å². The summed E-state index contributed by atoms with van der Waals surface area (Å²) in [6.07, 6.45) is 4.91. The quantitative estimate of drug-likeness (QED) is 0.828. The van der Waals surface area contributed by atoms with Crippen LogP contribution in [-0.2, 0) is 13.1 Å². The number of nitrogens with two attached hydrogens (primary N) is 1.